The summed E-state index contributed by atoms with van der Waals surface area (Å²) < 4.78 is 5.35. The second kappa shape index (κ2) is 11.1. The van der Waals surface area contributed by atoms with Crippen LogP contribution in [0.4, 0.5) is 0 Å². The molecule has 8 nitrogen and oxygen atoms in total. The lowest BCUT2D eigenvalue weighted by atomic mass is 10.1. The second-order valence-corrected chi connectivity index (χ2v) is 5.88. The van der Waals surface area contributed by atoms with E-state index in [2.05, 4.69) is 20.8 Å². The minimum atomic E-state index is -0.0920. The monoisotopic (exact) mass is 477 g/mol. The third kappa shape index (κ3) is 5.68. The molecule has 26 heavy (non-hydrogen) atoms. The number of aliphatic imine (C=N–C) groups is 1. The molecule has 2 amide bonds. The quantitative estimate of drug-likeness (QED) is 0.268. The number of nitrogens with zero attached hydrogens (tertiary/aromatic N) is 3. The molecule has 1 aliphatic rings. The summed E-state index contributed by atoms with van der Waals surface area (Å²) in [5, 5.41) is 10.5. The number of guanidine groups is 1. The van der Waals surface area contributed by atoms with Crippen LogP contribution in [0.5, 0.6) is 0 Å². The summed E-state index contributed by atoms with van der Waals surface area (Å²) in [5.41, 5.74) is 2.01. The number of hydrogen-bond donors (Lipinski definition) is 2. The SMILES string of the molecule is CCc1noc(CC)c1CNC(=NC)NCCN1C(=O)CCCC1=O.I. The molecule has 0 spiro atoms. The van der Waals surface area contributed by atoms with E-state index in [-0.39, 0.29) is 35.8 Å². The van der Waals surface area contributed by atoms with Gasteiger partial charge in [0.1, 0.15) is 5.76 Å². The minimum absolute atomic E-state index is 0. The molecule has 1 aromatic heterocycles. The number of hydrogen-bond acceptors (Lipinski definition) is 5. The Morgan fingerprint density at radius 2 is 1.88 bits per heavy atom. The van der Waals surface area contributed by atoms with E-state index in [0.717, 1.165) is 29.9 Å². The van der Waals surface area contributed by atoms with E-state index in [9.17, 15) is 9.59 Å². The highest BCUT2D eigenvalue weighted by Crippen LogP contribution is 2.15. The molecule has 2 heterocycles. The number of imide groups is 1. The van der Waals surface area contributed by atoms with Gasteiger partial charge in [-0.05, 0) is 12.8 Å². The molecule has 0 unspecified atom stereocenters. The number of carbonyl (C=O) groups excluding carboxylic acids is 2. The van der Waals surface area contributed by atoms with Gasteiger partial charge in [0, 0.05) is 51.5 Å². The van der Waals surface area contributed by atoms with E-state index in [4.69, 9.17) is 4.52 Å². The first-order chi connectivity index (χ1) is 12.1. The fourth-order valence-corrected chi connectivity index (χ4v) is 2.87. The third-order valence-electron chi connectivity index (χ3n) is 4.27. The van der Waals surface area contributed by atoms with Gasteiger partial charge in [-0.25, -0.2) is 0 Å². The maximum atomic E-state index is 11.8. The van der Waals surface area contributed by atoms with Gasteiger partial charge in [-0.2, -0.15) is 0 Å². The molecular weight excluding hydrogens is 449 g/mol. The predicted molar refractivity (Wildman–Crippen MR) is 109 cm³/mol. The summed E-state index contributed by atoms with van der Waals surface area (Å²) in [6.07, 6.45) is 3.15. The lowest BCUT2D eigenvalue weighted by Gasteiger charge is -2.25. The Labute approximate surface area is 171 Å². The molecule has 146 valence electrons. The Morgan fingerprint density at radius 1 is 1.19 bits per heavy atom. The molecule has 2 rings (SSSR count). The molecule has 1 aromatic rings. The maximum absolute atomic E-state index is 11.8. The van der Waals surface area contributed by atoms with Gasteiger partial charge < -0.3 is 15.2 Å². The van der Waals surface area contributed by atoms with Crippen LogP contribution in [0.2, 0.25) is 0 Å². The van der Waals surface area contributed by atoms with Crippen LogP contribution >= 0.6 is 24.0 Å². The van der Waals surface area contributed by atoms with Crippen LogP contribution in [0.3, 0.4) is 0 Å². The van der Waals surface area contributed by atoms with Crippen molar-refractivity contribution in [1.82, 2.24) is 20.7 Å². The number of halogens is 1. The van der Waals surface area contributed by atoms with Crippen LogP contribution in [0.25, 0.3) is 0 Å². The molecule has 0 aromatic carbocycles. The summed E-state index contributed by atoms with van der Waals surface area (Å²) in [6.45, 7) is 5.45. The smallest absolute Gasteiger partial charge is 0.229 e. The van der Waals surface area contributed by atoms with Gasteiger partial charge in [-0.1, -0.05) is 19.0 Å². The Bertz CT molecular complexity index is 607. The van der Waals surface area contributed by atoms with Crippen LogP contribution in [-0.2, 0) is 29.0 Å². The van der Waals surface area contributed by atoms with Crippen LogP contribution < -0.4 is 10.6 Å². The topological polar surface area (TPSA) is 99.8 Å². The second-order valence-electron chi connectivity index (χ2n) is 5.88. The maximum Gasteiger partial charge on any atom is 0.229 e. The molecular formula is C17H28IN5O3. The summed E-state index contributed by atoms with van der Waals surface area (Å²) >= 11 is 0. The number of piperidine rings is 1. The van der Waals surface area contributed by atoms with Gasteiger partial charge in [0.15, 0.2) is 5.96 Å². The van der Waals surface area contributed by atoms with Crippen molar-refractivity contribution < 1.29 is 14.1 Å². The van der Waals surface area contributed by atoms with Gasteiger partial charge in [0.25, 0.3) is 0 Å². The number of likely N-dealkylation sites (tertiary alicyclic amines) is 1. The molecule has 0 bridgehead atoms. The zero-order valence-electron chi connectivity index (χ0n) is 15.6. The van der Waals surface area contributed by atoms with Crippen molar-refractivity contribution in [2.45, 2.75) is 52.5 Å². The van der Waals surface area contributed by atoms with Crippen molar-refractivity contribution in [2.24, 2.45) is 4.99 Å². The lowest BCUT2D eigenvalue weighted by Crippen LogP contribution is -2.46. The zero-order chi connectivity index (χ0) is 18.2. The fraction of sp³-hybridized carbons (Fsp3) is 0.647. The van der Waals surface area contributed by atoms with Crippen LogP contribution in [0, 0.1) is 0 Å². The first kappa shape index (κ1) is 22.4. The number of rotatable bonds is 7. The summed E-state index contributed by atoms with van der Waals surface area (Å²) in [5.74, 6) is 1.31. The van der Waals surface area contributed by atoms with E-state index < -0.39 is 0 Å². The van der Waals surface area contributed by atoms with Gasteiger partial charge in [0.05, 0.1) is 5.69 Å². The van der Waals surface area contributed by atoms with Crippen LogP contribution in [0.1, 0.15) is 50.1 Å². The normalized spacial score (nSPS) is 15.0. The fourth-order valence-electron chi connectivity index (χ4n) is 2.87. The summed E-state index contributed by atoms with van der Waals surface area (Å²) in [4.78, 5) is 29.1. The molecule has 0 radical (unpaired) electrons. The Hall–Kier alpha value is -1.65. The van der Waals surface area contributed by atoms with E-state index in [1.54, 1.807) is 7.05 Å². The Balaban J connectivity index is 0.00000338. The van der Waals surface area contributed by atoms with Crippen molar-refractivity contribution in [3.05, 3.63) is 17.0 Å². The largest absolute Gasteiger partial charge is 0.361 e. The van der Waals surface area contributed by atoms with Crippen molar-refractivity contribution >= 4 is 41.8 Å². The van der Waals surface area contributed by atoms with E-state index in [1.807, 2.05) is 13.8 Å². The van der Waals surface area contributed by atoms with Crippen LogP contribution in [-0.4, -0.2) is 48.0 Å². The number of aryl methyl sites for hydroxylation is 2. The van der Waals surface area contributed by atoms with Crippen molar-refractivity contribution in [3.63, 3.8) is 0 Å². The standard InChI is InChI=1S/C17H27N5O3.HI/c1-4-13-12(14(5-2)25-21-13)11-20-17(18-3)19-9-10-22-15(23)7-6-8-16(22)24;/h4-11H2,1-3H3,(H2,18,19,20);1H. The minimum Gasteiger partial charge on any atom is -0.361 e. The van der Waals surface area contributed by atoms with E-state index >= 15 is 0 Å². The van der Waals surface area contributed by atoms with Gasteiger partial charge in [0.2, 0.25) is 11.8 Å². The van der Waals surface area contributed by atoms with Crippen molar-refractivity contribution in [2.75, 3.05) is 20.1 Å². The first-order valence-electron chi connectivity index (χ1n) is 8.84. The molecule has 1 aliphatic heterocycles. The van der Waals surface area contributed by atoms with Crippen LogP contribution in [0.15, 0.2) is 9.52 Å². The zero-order valence-corrected chi connectivity index (χ0v) is 18.0. The molecule has 1 fully saturated rings. The average molecular weight is 477 g/mol. The molecule has 0 saturated carbocycles. The number of nitrogens with one attached hydrogen (secondary N) is 2. The van der Waals surface area contributed by atoms with E-state index in [0.29, 0.717) is 44.9 Å². The Kier molecular flexibility index (Phi) is 9.60. The summed E-state index contributed by atoms with van der Waals surface area (Å²) in [6, 6.07) is 0. The molecule has 0 atom stereocenters. The van der Waals surface area contributed by atoms with Gasteiger partial charge in [-0.15, -0.1) is 24.0 Å². The lowest BCUT2D eigenvalue weighted by molar-refractivity contribution is -0.147. The molecule has 2 N–H and O–H groups in total. The highest BCUT2D eigenvalue weighted by Gasteiger charge is 2.25. The predicted octanol–water partition coefficient (Wildman–Crippen LogP) is 1.62. The van der Waals surface area contributed by atoms with E-state index in [1.165, 1.54) is 4.90 Å². The van der Waals surface area contributed by atoms with Gasteiger partial charge >= 0.3 is 0 Å². The first-order valence-corrected chi connectivity index (χ1v) is 8.84. The average Bonchev–Trinajstić information content (AvgIpc) is 3.02. The van der Waals surface area contributed by atoms with Gasteiger partial charge in [-0.3, -0.25) is 19.5 Å². The molecule has 0 aliphatic carbocycles. The summed E-state index contributed by atoms with van der Waals surface area (Å²) in [7, 11) is 1.68. The number of amides is 2. The van der Waals surface area contributed by atoms with Crippen molar-refractivity contribution in [3.8, 4) is 0 Å². The number of aromatic nitrogens is 1. The highest BCUT2D eigenvalue weighted by molar-refractivity contribution is 14.0. The molecule has 1 saturated heterocycles. The Morgan fingerprint density at radius 3 is 2.46 bits per heavy atom. The van der Waals surface area contributed by atoms with Crippen molar-refractivity contribution in [1.29, 1.82) is 0 Å². The third-order valence-corrected chi connectivity index (χ3v) is 4.27. The highest BCUT2D eigenvalue weighted by atomic mass is 127. The number of carbonyl (C=O) groups is 2. The molecule has 9 heteroatoms.